The lowest BCUT2D eigenvalue weighted by Crippen LogP contribution is -2.47. The summed E-state index contributed by atoms with van der Waals surface area (Å²) in [5, 5.41) is 0. The highest BCUT2D eigenvalue weighted by molar-refractivity contribution is 5.68. The van der Waals surface area contributed by atoms with Gasteiger partial charge >= 0.3 is 6.09 Å². The van der Waals surface area contributed by atoms with Crippen LogP contribution >= 0.6 is 0 Å². The average Bonchev–Trinajstić information content (AvgIpc) is 2.74. The van der Waals surface area contributed by atoms with E-state index < -0.39 is 11.8 Å². The predicted molar refractivity (Wildman–Crippen MR) is 71.9 cm³/mol. The van der Waals surface area contributed by atoms with Crippen molar-refractivity contribution in [2.45, 2.75) is 57.8 Å². The Bertz CT molecular complexity index is 322. The van der Waals surface area contributed by atoms with E-state index in [4.69, 9.17) is 4.74 Å². The highest BCUT2D eigenvalue weighted by Gasteiger charge is 2.32. The van der Waals surface area contributed by atoms with Crippen LogP contribution in [0, 0.1) is 0 Å². The van der Waals surface area contributed by atoms with Gasteiger partial charge in [0.1, 0.15) is 11.8 Å². The third-order valence-electron chi connectivity index (χ3n) is 3.79. The van der Waals surface area contributed by atoms with Gasteiger partial charge in [0.2, 0.25) is 0 Å². The van der Waals surface area contributed by atoms with Gasteiger partial charge in [-0.3, -0.25) is 4.90 Å². The summed E-state index contributed by atoms with van der Waals surface area (Å²) in [6, 6.07) is 0.430. The fourth-order valence-electron chi connectivity index (χ4n) is 2.81. The van der Waals surface area contributed by atoms with Crippen LogP contribution in [-0.2, 0) is 4.74 Å². The number of hydrogen-bond donors (Lipinski definition) is 0. The van der Waals surface area contributed by atoms with Gasteiger partial charge in [0.05, 0.1) is 0 Å². The summed E-state index contributed by atoms with van der Waals surface area (Å²) in [6.07, 6.45) is 1.61. The highest BCUT2D eigenvalue weighted by atomic mass is 19.1. The summed E-state index contributed by atoms with van der Waals surface area (Å²) < 4.78 is 18.6. The molecular weight excluding hydrogens is 247 g/mol. The molecule has 0 spiro atoms. The molecule has 2 aliphatic heterocycles. The molecule has 0 saturated carbocycles. The largest absolute Gasteiger partial charge is 0.444 e. The second-order valence-electron chi connectivity index (χ2n) is 6.58. The molecule has 2 aliphatic rings. The molecule has 0 N–H and O–H groups in total. The van der Waals surface area contributed by atoms with E-state index in [-0.39, 0.29) is 6.09 Å². The molecule has 0 radical (unpaired) electrons. The SMILES string of the molecule is CC(C)(C)OC(=O)N1CCC(N2CCC(F)C2)CC1. The molecule has 0 aromatic carbocycles. The van der Waals surface area contributed by atoms with Crippen LogP contribution in [0.1, 0.15) is 40.0 Å². The Hall–Kier alpha value is -0.840. The summed E-state index contributed by atoms with van der Waals surface area (Å²) in [5.74, 6) is 0. The summed E-state index contributed by atoms with van der Waals surface area (Å²) in [5.41, 5.74) is -0.440. The molecule has 110 valence electrons. The molecule has 0 aromatic heterocycles. The Labute approximate surface area is 114 Å². The van der Waals surface area contributed by atoms with Gasteiger partial charge < -0.3 is 9.64 Å². The minimum atomic E-state index is -0.663. The van der Waals surface area contributed by atoms with Crippen LogP contribution in [0.4, 0.5) is 9.18 Å². The number of hydrogen-bond acceptors (Lipinski definition) is 3. The fraction of sp³-hybridized carbons (Fsp3) is 0.929. The third-order valence-corrected chi connectivity index (χ3v) is 3.79. The van der Waals surface area contributed by atoms with E-state index in [1.54, 1.807) is 4.90 Å². The number of ether oxygens (including phenoxy) is 1. The van der Waals surface area contributed by atoms with E-state index in [2.05, 4.69) is 4.90 Å². The number of rotatable bonds is 1. The van der Waals surface area contributed by atoms with Gasteiger partial charge in [0.15, 0.2) is 0 Å². The molecule has 0 bridgehead atoms. The van der Waals surface area contributed by atoms with Gasteiger partial charge in [0, 0.05) is 32.2 Å². The van der Waals surface area contributed by atoms with E-state index in [1.165, 1.54) is 0 Å². The molecule has 0 aliphatic carbocycles. The Kier molecular flexibility index (Phi) is 4.33. The summed E-state index contributed by atoms with van der Waals surface area (Å²) in [4.78, 5) is 15.9. The zero-order valence-electron chi connectivity index (χ0n) is 12.2. The molecule has 1 amide bonds. The van der Waals surface area contributed by atoms with Crippen molar-refractivity contribution in [1.82, 2.24) is 9.80 Å². The van der Waals surface area contributed by atoms with E-state index in [9.17, 15) is 9.18 Å². The van der Waals surface area contributed by atoms with E-state index >= 15 is 0 Å². The second kappa shape index (κ2) is 5.65. The van der Waals surface area contributed by atoms with Crippen LogP contribution in [0.3, 0.4) is 0 Å². The van der Waals surface area contributed by atoms with Crippen LogP contribution < -0.4 is 0 Å². The molecular formula is C14H25FN2O2. The maximum absolute atomic E-state index is 13.2. The van der Waals surface area contributed by atoms with Gasteiger partial charge in [0.25, 0.3) is 0 Å². The molecule has 2 fully saturated rings. The van der Waals surface area contributed by atoms with Gasteiger partial charge in [-0.15, -0.1) is 0 Å². The van der Waals surface area contributed by atoms with Crippen molar-refractivity contribution in [2.24, 2.45) is 0 Å². The number of carbonyl (C=O) groups excluding carboxylic acids is 1. The smallest absolute Gasteiger partial charge is 0.410 e. The number of carbonyl (C=O) groups is 1. The number of halogens is 1. The molecule has 1 unspecified atom stereocenters. The molecule has 5 heteroatoms. The number of likely N-dealkylation sites (tertiary alicyclic amines) is 2. The first kappa shape index (κ1) is 14.6. The van der Waals surface area contributed by atoms with E-state index in [0.717, 1.165) is 19.4 Å². The number of alkyl halides is 1. The lowest BCUT2D eigenvalue weighted by Gasteiger charge is -2.37. The summed E-state index contributed by atoms with van der Waals surface area (Å²) >= 11 is 0. The quantitative estimate of drug-likeness (QED) is 0.735. The van der Waals surface area contributed by atoms with Crippen molar-refractivity contribution in [3.8, 4) is 0 Å². The average molecular weight is 272 g/mol. The maximum Gasteiger partial charge on any atom is 0.410 e. The normalized spacial score (nSPS) is 26.7. The van der Waals surface area contributed by atoms with Crippen molar-refractivity contribution < 1.29 is 13.9 Å². The lowest BCUT2D eigenvalue weighted by molar-refractivity contribution is 0.0153. The van der Waals surface area contributed by atoms with E-state index in [1.807, 2.05) is 20.8 Å². The van der Waals surface area contributed by atoms with Crippen LogP contribution in [0.5, 0.6) is 0 Å². The van der Waals surface area contributed by atoms with Gasteiger partial charge in [-0.1, -0.05) is 0 Å². The third kappa shape index (κ3) is 4.06. The first-order chi connectivity index (χ1) is 8.85. The monoisotopic (exact) mass is 272 g/mol. The molecule has 2 heterocycles. The number of amides is 1. The summed E-state index contributed by atoms with van der Waals surface area (Å²) in [6.45, 7) is 8.49. The molecule has 0 aromatic rings. The van der Waals surface area contributed by atoms with Gasteiger partial charge in [-0.2, -0.15) is 0 Å². The minimum Gasteiger partial charge on any atom is -0.444 e. The Balaban J connectivity index is 1.77. The van der Waals surface area contributed by atoms with Gasteiger partial charge in [-0.05, 0) is 40.0 Å². The first-order valence-corrected chi connectivity index (χ1v) is 7.21. The standard InChI is InChI=1S/C14H25FN2O2/c1-14(2,3)19-13(18)16-8-5-12(6-9-16)17-7-4-11(15)10-17/h11-12H,4-10H2,1-3H3. The lowest BCUT2D eigenvalue weighted by atomic mass is 10.0. The molecule has 2 saturated heterocycles. The number of nitrogens with zero attached hydrogens (tertiary/aromatic N) is 2. The van der Waals surface area contributed by atoms with Crippen LogP contribution in [0.2, 0.25) is 0 Å². The van der Waals surface area contributed by atoms with Crippen LogP contribution in [0.25, 0.3) is 0 Å². The zero-order chi connectivity index (χ0) is 14.0. The summed E-state index contributed by atoms with van der Waals surface area (Å²) in [7, 11) is 0. The van der Waals surface area contributed by atoms with Crippen molar-refractivity contribution in [2.75, 3.05) is 26.2 Å². The highest BCUT2D eigenvalue weighted by Crippen LogP contribution is 2.23. The topological polar surface area (TPSA) is 32.8 Å². The maximum atomic E-state index is 13.2. The van der Waals surface area contributed by atoms with Crippen molar-refractivity contribution in [1.29, 1.82) is 0 Å². The van der Waals surface area contributed by atoms with E-state index in [0.29, 0.717) is 32.1 Å². The van der Waals surface area contributed by atoms with Crippen molar-refractivity contribution in [3.05, 3.63) is 0 Å². The Morgan fingerprint density at radius 3 is 2.26 bits per heavy atom. The fourth-order valence-corrected chi connectivity index (χ4v) is 2.81. The minimum absolute atomic E-state index is 0.226. The molecule has 4 nitrogen and oxygen atoms in total. The first-order valence-electron chi connectivity index (χ1n) is 7.21. The second-order valence-corrected chi connectivity index (χ2v) is 6.58. The van der Waals surface area contributed by atoms with Crippen LogP contribution in [0.15, 0.2) is 0 Å². The molecule has 1 atom stereocenters. The molecule has 2 rings (SSSR count). The molecule has 19 heavy (non-hydrogen) atoms. The Morgan fingerprint density at radius 1 is 1.16 bits per heavy atom. The van der Waals surface area contributed by atoms with Crippen LogP contribution in [-0.4, -0.2) is 59.9 Å². The van der Waals surface area contributed by atoms with Gasteiger partial charge in [-0.25, -0.2) is 9.18 Å². The Morgan fingerprint density at radius 2 is 1.79 bits per heavy atom. The van der Waals surface area contributed by atoms with Crippen molar-refractivity contribution >= 4 is 6.09 Å². The predicted octanol–water partition coefficient (Wildman–Crippen LogP) is 2.43. The zero-order valence-corrected chi connectivity index (χ0v) is 12.2. The number of piperidine rings is 1. The van der Waals surface area contributed by atoms with Crippen molar-refractivity contribution in [3.63, 3.8) is 0 Å².